The van der Waals surface area contributed by atoms with Gasteiger partial charge in [0.05, 0.1) is 12.7 Å². The van der Waals surface area contributed by atoms with Gasteiger partial charge in [-0.3, -0.25) is 9.63 Å². The third kappa shape index (κ3) is 20.2. The van der Waals surface area contributed by atoms with Crippen molar-refractivity contribution in [1.29, 1.82) is 0 Å². The van der Waals surface area contributed by atoms with Crippen molar-refractivity contribution in [2.75, 3.05) is 54.0 Å². The molecule has 0 aliphatic carbocycles. The van der Waals surface area contributed by atoms with Crippen LogP contribution in [-0.2, 0) is 14.4 Å². The molecule has 0 aromatic rings. The molecule has 1 saturated heterocycles. The summed E-state index contributed by atoms with van der Waals surface area (Å²) in [6, 6.07) is 0.0681. The van der Waals surface area contributed by atoms with Crippen molar-refractivity contribution in [2.45, 2.75) is 147 Å². The van der Waals surface area contributed by atoms with E-state index in [4.69, 9.17) is 9.57 Å². The summed E-state index contributed by atoms with van der Waals surface area (Å²) in [7, 11) is 5.77. The Bertz CT molecular complexity index is 622. The van der Waals surface area contributed by atoms with Crippen molar-refractivity contribution in [3.8, 4) is 0 Å². The highest BCUT2D eigenvalue weighted by Crippen LogP contribution is 2.22. The van der Waals surface area contributed by atoms with E-state index in [1.165, 1.54) is 101 Å². The van der Waals surface area contributed by atoms with E-state index in [0.717, 1.165) is 45.2 Å². The van der Waals surface area contributed by atoms with Crippen LogP contribution in [0, 0.1) is 0 Å². The van der Waals surface area contributed by atoms with Gasteiger partial charge in [0.25, 0.3) is 0 Å². The van der Waals surface area contributed by atoms with Crippen LogP contribution in [-0.4, -0.2) is 93.4 Å². The number of carbonyl (C=O) groups is 2. The van der Waals surface area contributed by atoms with E-state index in [9.17, 15) is 9.59 Å². The fraction of sp³-hybridized carbons (Fsp3) is 0.939. The third-order valence-corrected chi connectivity index (χ3v) is 8.38. The van der Waals surface area contributed by atoms with E-state index in [-0.39, 0.29) is 18.2 Å². The van der Waals surface area contributed by atoms with Gasteiger partial charge >= 0.3 is 6.03 Å². The van der Waals surface area contributed by atoms with Gasteiger partial charge in [0.1, 0.15) is 0 Å². The van der Waals surface area contributed by atoms with Gasteiger partial charge in [0.15, 0.2) is 0 Å². The summed E-state index contributed by atoms with van der Waals surface area (Å²) in [4.78, 5) is 34.1. The Balaban J connectivity index is 2.12. The topological polar surface area (TPSA) is 74.4 Å². The molecule has 0 saturated carbocycles. The first-order valence-corrected chi connectivity index (χ1v) is 17.1. The van der Waals surface area contributed by atoms with Crippen LogP contribution in [0.5, 0.6) is 0 Å². The first-order valence-electron chi connectivity index (χ1n) is 17.1. The molecular weight excluding hydrogens is 516 g/mol. The first-order chi connectivity index (χ1) is 20.0. The Hall–Kier alpha value is -1.38. The highest BCUT2D eigenvalue weighted by Gasteiger charge is 2.31. The fourth-order valence-corrected chi connectivity index (χ4v) is 5.74. The van der Waals surface area contributed by atoms with E-state index in [0.29, 0.717) is 26.1 Å². The fourth-order valence-electron chi connectivity index (χ4n) is 5.74. The number of nitrogens with one attached hydrogen (secondary N) is 1. The Morgan fingerprint density at radius 3 is 1.93 bits per heavy atom. The normalized spacial score (nSPS) is 17.2. The quantitative estimate of drug-likeness (QED) is 0.0631. The van der Waals surface area contributed by atoms with Crippen LogP contribution >= 0.6 is 0 Å². The maximum absolute atomic E-state index is 13.0. The first kappa shape index (κ1) is 37.6. The second-order valence-corrected chi connectivity index (χ2v) is 12.3. The maximum atomic E-state index is 13.0. The molecule has 1 rings (SSSR count). The van der Waals surface area contributed by atoms with Crippen LogP contribution in [0.15, 0.2) is 0 Å². The predicted octanol–water partition coefficient (Wildman–Crippen LogP) is 7.17. The molecule has 2 atom stereocenters. The van der Waals surface area contributed by atoms with Gasteiger partial charge in [-0.05, 0) is 52.7 Å². The van der Waals surface area contributed by atoms with Crippen molar-refractivity contribution in [3.05, 3.63) is 0 Å². The largest absolute Gasteiger partial charge is 0.381 e. The number of piperidine rings is 1. The molecule has 1 aliphatic rings. The number of ether oxygens (including phenoxy) is 1. The number of methoxy groups -OCH3 is 1. The van der Waals surface area contributed by atoms with E-state index in [1.807, 2.05) is 19.0 Å². The summed E-state index contributed by atoms with van der Waals surface area (Å²) >= 11 is 0. The van der Waals surface area contributed by atoms with Crippen LogP contribution in [0.1, 0.15) is 135 Å². The van der Waals surface area contributed by atoms with E-state index in [2.05, 4.69) is 17.1 Å². The smallest absolute Gasteiger partial charge is 0.317 e. The van der Waals surface area contributed by atoms with E-state index >= 15 is 0 Å². The molecule has 0 spiro atoms. The van der Waals surface area contributed by atoms with Gasteiger partial charge in [-0.1, -0.05) is 103 Å². The van der Waals surface area contributed by atoms with Crippen LogP contribution in [0.3, 0.4) is 0 Å². The van der Waals surface area contributed by atoms with Crippen LogP contribution in [0.4, 0.5) is 4.79 Å². The summed E-state index contributed by atoms with van der Waals surface area (Å²) in [5.41, 5.74) is 0. The van der Waals surface area contributed by atoms with E-state index < -0.39 is 0 Å². The number of likely N-dealkylation sites (tertiary alicyclic amines) is 1. The average molecular weight is 583 g/mol. The van der Waals surface area contributed by atoms with Crippen molar-refractivity contribution < 1.29 is 19.2 Å². The van der Waals surface area contributed by atoms with Gasteiger partial charge in [0, 0.05) is 32.8 Å². The summed E-state index contributed by atoms with van der Waals surface area (Å²) in [6.07, 6.45) is 25.7. The minimum Gasteiger partial charge on any atom is -0.381 e. The van der Waals surface area contributed by atoms with Crippen LogP contribution in [0.2, 0.25) is 0 Å². The molecule has 8 heteroatoms. The number of carbonyl (C=O) groups excluding carboxylic acids is 2. The number of hydrogen-bond acceptors (Lipinski definition) is 5. The molecule has 1 fully saturated rings. The molecule has 3 amide bonds. The molecule has 1 aliphatic heterocycles. The number of unbranched alkanes of at least 4 members (excludes halogenated alkanes) is 15. The summed E-state index contributed by atoms with van der Waals surface area (Å²) in [6.45, 7) is 5.58. The lowest BCUT2D eigenvalue weighted by atomic mass is 9.97. The minimum absolute atomic E-state index is 0.0174. The Labute approximate surface area is 253 Å². The average Bonchev–Trinajstić information content (AvgIpc) is 2.97. The minimum atomic E-state index is 0.0174. The van der Waals surface area contributed by atoms with Gasteiger partial charge in [0.2, 0.25) is 6.41 Å². The zero-order valence-electron chi connectivity index (χ0n) is 27.4. The van der Waals surface area contributed by atoms with Gasteiger partial charge in [-0.25, -0.2) is 9.86 Å². The number of hydroxylamine groups is 2. The number of urea groups is 1. The number of nitrogens with zero attached hydrogens (tertiary/aromatic N) is 3. The van der Waals surface area contributed by atoms with E-state index in [1.54, 1.807) is 7.11 Å². The van der Waals surface area contributed by atoms with Gasteiger partial charge < -0.3 is 19.9 Å². The zero-order chi connectivity index (χ0) is 30.0. The Kier molecular flexibility index (Phi) is 24.1. The molecule has 1 heterocycles. The lowest BCUT2D eigenvalue weighted by Crippen LogP contribution is -2.52. The highest BCUT2D eigenvalue weighted by molar-refractivity contribution is 5.74. The SMILES string of the molecule is CCCCCCCCCCCCCCCCCCNC(=O)N1CCC(OC)CC1CCON(C=O)CCCN(C)C. The van der Waals surface area contributed by atoms with Crippen molar-refractivity contribution in [2.24, 2.45) is 0 Å². The molecule has 0 bridgehead atoms. The maximum Gasteiger partial charge on any atom is 0.317 e. The molecule has 0 aromatic carbocycles. The summed E-state index contributed by atoms with van der Waals surface area (Å²) in [5, 5.41) is 4.52. The Morgan fingerprint density at radius 2 is 1.41 bits per heavy atom. The standard InChI is InChI=1S/C33H66N4O4/c1-5-6-7-8-9-10-11-12-13-14-15-16-17-18-19-20-24-34-33(39)37-27-22-32(40-4)29-31(37)23-28-41-36(30-38)26-21-25-35(2)3/h30-32H,5-29H2,1-4H3,(H,34,39). The highest BCUT2D eigenvalue weighted by atomic mass is 16.7. The Morgan fingerprint density at radius 1 is 0.854 bits per heavy atom. The predicted molar refractivity (Wildman–Crippen MR) is 170 cm³/mol. The molecule has 0 aromatic heterocycles. The molecule has 8 nitrogen and oxygen atoms in total. The molecule has 1 N–H and O–H groups in total. The van der Waals surface area contributed by atoms with Crippen molar-refractivity contribution >= 4 is 12.4 Å². The second kappa shape index (κ2) is 26.3. The van der Waals surface area contributed by atoms with Gasteiger partial charge in [-0.2, -0.15) is 0 Å². The third-order valence-electron chi connectivity index (χ3n) is 8.38. The summed E-state index contributed by atoms with van der Waals surface area (Å²) in [5.74, 6) is 0. The molecule has 41 heavy (non-hydrogen) atoms. The van der Waals surface area contributed by atoms with Crippen LogP contribution in [0.25, 0.3) is 0 Å². The number of amides is 3. The summed E-state index contributed by atoms with van der Waals surface area (Å²) < 4.78 is 5.60. The van der Waals surface area contributed by atoms with Crippen molar-refractivity contribution in [1.82, 2.24) is 20.2 Å². The molecule has 0 radical (unpaired) electrons. The zero-order valence-corrected chi connectivity index (χ0v) is 27.4. The van der Waals surface area contributed by atoms with Crippen LogP contribution < -0.4 is 5.32 Å². The number of hydrogen-bond donors (Lipinski definition) is 1. The van der Waals surface area contributed by atoms with Crippen molar-refractivity contribution in [3.63, 3.8) is 0 Å². The monoisotopic (exact) mass is 583 g/mol. The molecule has 2 unspecified atom stereocenters. The van der Waals surface area contributed by atoms with Gasteiger partial charge in [-0.15, -0.1) is 0 Å². The lowest BCUT2D eigenvalue weighted by molar-refractivity contribution is -0.174. The second-order valence-electron chi connectivity index (χ2n) is 12.3. The molecular formula is C33H66N4O4. The molecule has 242 valence electrons. The lowest BCUT2D eigenvalue weighted by Gasteiger charge is -2.39. The number of rotatable bonds is 27.